The molecule has 3 nitrogen and oxygen atoms in total. The van der Waals surface area contributed by atoms with Crippen LogP contribution in [0.25, 0.3) is 0 Å². The van der Waals surface area contributed by atoms with Gasteiger partial charge in [0.1, 0.15) is 0 Å². The Hall–Kier alpha value is -0.900. The average molecular weight is 249 g/mol. The van der Waals surface area contributed by atoms with Gasteiger partial charge in [-0.2, -0.15) is 0 Å². The molecule has 1 saturated carbocycles. The Morgan fingerprint density at radius 2 is 2.00 bits per heavy atom. The smallest absolute Gasteiger partial charge is 0.0949 e. The first-order chi connectivity index (χ1) is 8.90. The quantitative estimate of drug-likeness (QED) is 0.682. The molecule has 0 bridgehead atoms. The summed E-state index contributed by atoms with van der Waals surface area (Å²) in [6, 6.07) is 11.2. The molecule has 1 unspecified atom stereocenters. The number of rotatable bonds is 9. The van der Waals surface area contributed by atoms with Gasteiger partial charge in [0.25, 0.3) is 0 Å². The normalized spacial score (nSPS) is 16.7. The minimum atomic E-state index is 0.156. The van der Waals surface area contributed by atoms with E-state index in [0.717, 1.165) is 32.2 Å². The SMILES string of the molecule is COCCCOC(CNC1CC1)c1ccccc1. The van der Waals surface area contributed by atoms with E-state index >= 15 is 0 Å². The van der Waals surface area contributed by atoms with Gasteiger partial charge in [-0.3, -0.25) is 0 Å². The van der Waals surface area contributed by atoms with Crippen LogP contribution >= 0.6 is 0 Å². The molecule has 0 saturated heterocycles. The minimum absolute atomic E-state index is 0.156. The van der Waals surface area contributed by atoms with Gasteiger partial charge in [0.15, 0.2) is 0 Å². The molecule has 2 rings (SSSR count). The number of ether oxygens (including phenoxy) is 2. The second-order valence-corrected chi connectivity index (χ2v) is 4.80. The molecular formula is C15H23NO2. The second kappa shape index (κ2) is 7.52. The predicted molar refractivity (Wildman–Crippen MR) is 72.7 cm³/mol. The summed E-state index contributed by atoms with van der Waals surface area (Å²) in [5, 5.41) is 3.54. The van der Waals surface area contributed by atoms with Gasteiger partial charge < -0.3 is 14.8 Å². The van der Waals surface area contributed by atoms with E-state index in [1.54, 1.807) is 7.11 Å². The molecule has 1 aliphatic rings. The first-order valence-corrected chi connectivity index (χ1v) is 6.79. The number of hydrogen-bond donors (Lipinski definition) is 1. The fraction of sp³-hybridized carbons (Fsp3) is 0.600. The minimum Gasteiger partial charge on any atom is -0.385 e. The molecule has 1 atom stereocenters. The monoisotopic (exact) mass is 249 g/mol. The van der Waals surface area contributed by atoms with E-state index in [4.69, 9.17) is 9.47 Å². The van der Waals surface area contributed by atoms with Crippen molar-refractivity contribution in [2.24, 2.45) is 0 Å². The van der Waals surface area contributed by atoms with Crippen molar-refractivity contribution in [2.75, 3.05) is 26.9 Å². The van der Waals surface area contributed by atoms with E-state index in [-0.39, 0.29) is 6.10 Å². The van der Waals surface area contributed by atoms with E-state index in [9.17, 15) is 0 Å². The fourth-order valence-electron chi connectivity index (χ4n) is 1.93. The number of benzene rings is 1. The number of nitrogens with one attached hydrogen (secondary N) is 1. The molecule has 0 heterocycles. The lowest BCUT2D eigenvalue weighted by Crippen LogP contribution is -2.25. The van der Waals surface area contributed by atoms with E-state index in [0.29, 0.717) is 0 Å². The summed E-state index contributed by atoms with van der Waals surface area (Å²) in [7, 11) is 1.73. The largest absolute Gasteiger partial charge is 0.385 e. The molecule has 1 fully saturated rings. The van der Waals surface area contributed by atoms with Crippen LogP contribution in [0.2, 0.25) is 0 Å². The zero-order chi connectivity index (χ0) is 12.6. The van der Waals surface area contributed by atoms with Crippen molar-refractivity contribution in [3.63, 3.8) is 0 Å². The van der Waals surface area contributed by atoms with Gasteiger partial charge in [-0.05, 0) is 24.8 Å². The van der Waals surface area contributed by atoms with Gasteiger partial charge in [-0.1, -0.05) is 30.3 Å². The highest BCUT2D eigenvalue weighted by Gasteiger charge is 2.22. The van der Waals surface area contributed by atoms with Crippen molar-refractivity contribution in [3.8, 4) is 0 Å². The summed E-state index contributed by atoms with van der Waals surface area (Å²) in [5.74, 6) is 0. The Kier molecular flexibility index (Phi) is 5.65. The van der Waals surface area contributed by atoms with Crippen LogP contribution in [-0.4, -0.2) is 32.9 Å². The average Bonchev–Trinajstić information content (AvgIpc) is 3.23. The highest BCUT2D eigenvalue weighted by molar-refractivity contribution is 5.18. The van der Waals surface area contributed by atoms with E-state index in [1.165, 1.54) is 18.4 Å². The van der Waals surface area contributed by atoms with Gasteiger partial charge in [-0.25, -0.2) is 0 Å². The maximum Gasteiger partial charge on any atom is 0.0949 e. The van der Waals surface area contributed by atoms with Crippen LogP contribution in [0.1, 0.15) is 30.9 Å². The lowest BCUT2D eigenvalue weighted by molar-refractivity contribution is 0.0386. The molecule has 1 aliphatic carbocycles. The predicted octanol–water partition coefficient (Wildman–Crippen LogP) is 2.53. The first kappa shape index (κ1) is 13.5. The van der Waals surface area contributed by atoms with Gasteiger partial charge in [0, 0.05) is 32.9 Å². The molecule has 100 valence electrons. The Morgan fingerprint density at radius 1 is 1.22 bits per heavy atom. The van der Waals surface area contributed by atoms with Gasteiger partial charge in [-0.15, -0.1) is 0 Å². The van der Waals surface area contributed by atoms with E-state index in [2.05, 4.69) is 29.6 Å². The Balaban J connectivity index is 1.81. The number of methoxy groups -OCH3 is 1. The lowest BCUT2D eigenvalue weighted by atomic mass is 10.1. The summed E-state index contributed by atoms with van der Waals surface area (Å²) in [6.45, 7) is 2.42. The van der Waals surface area contributed by atoms with E-state index < -0.39 is 0 Å². The third-order valence-electron chi connectivity index (χ3n) is 3.15. The third-order valence-corrected chi connectivity index (χ3v) is 3.15. The summed E-state index contributed by atoms with van der Waals surface area (Å²) in [6.07, 6.45) is 3.73. The van der Waals surface area contributed by atoms with Crippen LogP contribution in [0.5, 0.6) is 0 Å². The van der Waals surface area contributed by atoms with Crippen molar-refractivity contribution in [2.45, 2.75) is 31.4 Å². The standard InChI is InChI=1S/C15H23NO2/c1-17-10-5-11-18-15(12-16-14-8-9-14)13-6-3-2-4-7-13/h2-4,6-7,14-16H,5,8-12H2,1H3. The molecule has 3 heteroatoms. The summed E-state index contributed by atoms with van der Waals surface area (Å²) < 4.78 is 11.0. The van der Waals surface area contributed by atoms with Gasteiger partial charge in [0.2, 0.25) is 0 Å². The van der Waals surface area contributed by atoms with Crippen molar-refractivity contribution in [1.29, 1.82) is 0 Å². The third kappa shape index (κ3) is 4.77. The molecule has 18 heavy (non-hydrogen) atoms. The van der Waals surface area contributed by atoms with Crippen molar-refractivity contribution in [3.05, 3.63) is 35.9 Å². The lowest BCUT2D eigenvalue weighted by Gasteiger charge is -2.19. The molecule has 0 aromatic heterocycles. The number of hydrogen-bond acceptors (Lipinski definition) is 3. The highest BCUT2D eigenvalue weighted by Crippen LogP contribution is 2.22. The van der Waals surface area contributed by atoms with Crippen LogP contribution in [0.4, 0.5) is 0 Å². The molecule has 1 N–H and O–H groups in total. The molecule has 0 spiro atoms. The summed E-state index contributed by atoms with van der Waals surface area (Å²) in [4.78, 5) is 0. The molecule has 0 radical (unpaired) electrons. The fourth-order valence-corrected chi connectivity index (χ4v) is 1.93. The molecule has 0 aliphatic heterocycles. The van der Waals surface area contributed by atoms with Crippen molar-refractivity contribution >= 4 is 0 Å². The van der Waals surface area contributed by atoms with Crippen LogP contribution in [-0.2, 0) is 9.47 Å². The Bertz CT molecular complexity index is 325. The van der Waals surface area contributed by atoms with Crippen LogP contribution in [0, 0.1) is 0 Å². The van der Waals surface area contributed by atoms with Crippen LogP contribution in [0.15, 0.2) is 30.3 Å². The Labute approximate surface area is 109 Å². The van der Waals surface area contributed by atoms with Crippen molar-refractivity contribution < 1.29 is 9.47 Å². The van der Waals surface area contributed by atoms with Crippen LogP contribution < -0.4 is 5.32 Å². The van der Waals surface area contributed by atoms with E-state index in [1.807, 2.05) is 6.07 Å². The zero-order valence-electron chi connectivity index (χ0n) is 11.1. The second-order valence-electron chi connectivity index (χ2n) is 4.80. The molecule has 0 amide bonds. The topological polar surface area (TPSA) is 30.5 Å². The zero-order valence-corrected chi connectivity index (χ0v) is 11.1. The van der Waals surface area contributed by atoms with Crippen LogP contribution in [0.3, 0.4) is 0 Å². The summed E-state index contributed by atoms with van der Waals surface area (Å²) in [5.41, 5.74) is 1.25. The molecule has 1 aromatic carbocycles. The van der Waals surface area contributed by atoms with Gasteiger partial charge >= 0.3 is 0 Å². The maximum atomic E-state index is 5.97. The molecular weight excluding hydrogens is 226 g/mol. The summed E-state index contributed by atoms with van der Waals surface area (Å²) >= 11 is 0. The maximum absolute atomic E-state index is 5.97. The highest BCUT2D eigenvalue weighted by atomic mass is 16.5. The van der Waals surface area contributed by atoms with Gasteiger partial charge in [0.05, 0.1) is 6.10 Å². The first-order valence-electron chi connectivity index (χ1n) is 6.79. The van der Waals surface area contributed by atoms with Crippen molar-refractivity contribution in [1.82, 2.24) is 5.32 Å². The molecule has 1 aromatic rings. The Morgan fingerprint density at radius 3 is 2.67 bits per heavy atom.